The molecule has 0 aromatic heterocycles. The number of benzene rings is 1. The summed E-state index contributed by atoms with van der Waals surface area (Å²) in [7, 11) is 3.71. The van der Waals surface area contributed by atoms with Crippen LogP contribution in [-0.4, -0.2) is 20.6 Å². The first-order valence-electron chi connectivity index (χ1n) is 5.75. The normalized spacial score (nSPS) is 24.8. The Kier molecular flexibility index (Phi) is 2.89. The zero-order valence-electron chi connectivity index (χ0n) is 10.2. The van der Waals surface area contributed by atoms with E-state index in [0.29, 0.717) is 5.69 Å². The SMILES string of the molecule is CN(C)c1ccc(C2(C)CCCN2)cc1F. The Morgan fingerprint density at radius 3 is 2.62 bits per heavy atom. The van der Waals surface area contributed by atoms with Gasteiger partial charge >= 0.3 is 0 Å². The summed E-state index contributed by atoms with van der Waals surface area (Å²) in [6.45, 7) is 3.16. The zero-order chi connectivity index (χ0) is 11.8. The molecule has 0 saturated carbocycles. The largest absolute Gasteiger partial charge is 0.375 e. The van der Waals surface area contributed by atoms with Crippen LogP contribution >= 0.6 is 0 Å². The lowest BCUT2D eigenvalue weighted by atomic mass is 9.90. The summed E-state index contributed by atoms with van der Waals surface area (Å²) in [6, 6.07) is 5.54. The lowest BCUT2D eigenvalue weighted by Crippen LogP contribution is -2.33. The molecule has 1 aliphatic rings. The van der Waals surface area contributed by atoms with Crippen LogP contribution in [0.5, 0.6) is 0 Å². The first-order chi connectivity index (χ1) is 7.53. The Morgan fingerprint density at radius 1 is 1.38 bits per heavy atom. The number of hydrogen-bond acceptors (Lipinski definition) is 2. The molecule has 1 unspecified atom stereocenters. The van der Waals surface area contributed by atoms with Crippen molar-refractivity contribution >= 4 is 5.69 Å². The average Bonchev–Trinajstić information content (AvgIpc) is 2.66. The molecule has 16 heavy (non-hydrogen) atoms. The second-order valence-corrected chi connectivity index (χ2v) is 4.92. The van der Waals surface area contributed by atoms with Gasteiger partial charge in [0.25, 0.3) is 0 Å². The fourth-order valence-electron chi connectivity index (χ4n) is 2.35. The smallest absolute Gasteiger partial charge is 0.146 e. The Labute approximate surface area is 96.5 Å². The third-order valence-corrected chi connectivity index (χ3v) is 3.44. The quantitative estimate of drug-likeness (QED) is 0.827. The molecule has 0 spiro atoms. The molecule has 3 heteroatoms. The number of nitrogens with zero attached hydrogens (tertiary/aromatic N) is 1. The lowest BCUT2D eigenvalue weighted by Gasteiger charge is -2.26. The molecule has 1 aromatic rings. The van der Waals surface area contributed by atoms with Crippen LogP contribution in [0.2, 0.25) is 0 Å². The van der Waals surface area contributed by atoms with E-state index in [9.17, 15) is 4.39 Å². The van der Waals surface area contributed by atoms with Crippen LogP contribution < -0.4 is 10.2 Å². The van der Waals surface area contributed by atoms with Crippen LogP contribution in [0, 0.1) is 5.82 Å². The predicted molar refractivity (Wildman–Crippen MR) is 65.3 cm³/mol. The van der Waals surface area contributed by atoms with E-state index in [-0.39, 0.29) is 11.4 Å². The Morgan fingerprint density at radius 2 is 2.12 bits per heavy atom. The number of anilines is 1. The summed E-state index contributed by atoms with van der Waals surface area (Å²) < 4.78 is 13.9. The number of nitrogens with one attached hydrogen (secondary N) is 1. The maximum absolute atomic E-state index is 13.9. The molecule has 1 fully saturated rings. The van der Waals surface area contributed by atoms with Crippen molar-refractivity contribution in [3.63, 3.8) is 0 Å². The van der Waals surface area contributed by atoms with Gasteiger partial charge in [-0.05, 0) is 44.0 Å². The highest BCUT2D eigenvalue weighted by Gasteiger charge is 2.30. The van der Waals surface area contributed by atoms with Crippen molar-refractivity contribution in [2.75, 3.05) is 25.5 Å². The van der Waals surface area contributed by atoms with Crippen LogP contribution in [0.15, 0.2) is 18.2 Å². The highest BCUT2D eigenvalue weighted by Crippen LogP contribution is 2.32. The van der Waals surface area contributed by atoms with E-state index in [1.165, 1.54) is 0 Å². The molecule has 2 rings (SSSR count). The molecule has 0 amide bonds. The lowest BCUT2D eigenvalue weighted by molar-refractivity contribution is 0.432. The van der Waals surface area contributed by atoms with Gasteiger partial charge in [-0.15, -0.1) is 0 Å². The van der Waals surface area contributed by atoms with Crippen molar-refractivity contribution in [1.82, 2.24) is 5.32 Å². The maximum atomic E-state index is 13.9. The fourth-order valence-corrected chi connectivity index (χ4v) is 2.35. The van der Waals surface area contributed by atoms with Gasteiger partial charge in [-0.1, -0.05) is 6.07 Å². The van der Waals surface area contributed by atoms with Crippen molar-refractivity contribution in [3.05, 3.63) is 29.6 Å². The molecule has 1 aliphatic heterocycles. The van der Waals surface area contributed by atoms with Crippen LogP contribution in [0.25, 0.3) is 0 Å². The van der Waals surface area contributed by atoms with Crippen molar-refractivity contribution in [1.29, 1.82) is 0 Å². The fraction of sp³-hybridized carbons (Fsp3) is 0.538. The third-order valence-electron chi connectivity index (χ3n) is 3.44. The van der Waals surface area contributed by atoms with Gasteiger partial charge in [0, 0.05) is 19.6 Å². The minimum absolute atomic E-state index is 0.0499. The number of rotatable bonds is 2. The van der Waals surface area contributed by atoms with Crippen molar-refractivity contribution < 1.29 is 4.39 Å². The summed E-state index contributed by atoms with van der Waals surface area (Å²) >= 11 is 0. The molecular weight excluding hydrogens is 203 g/mol. The zero-order valence-corrected chi connectivity index (χ0v) is 10.2. The topological polar surface area (TPSA) is 15.3 Å². The first kappa shape index (κ1) is 11.4. The molecule has 1 aromatic carbocycles. The number of hydrogen-bond donors (Lipinski definition) is 1. The van der Waals surface area contributed by atoms with E-state index in [4.69, 9.17) is 0 Å². The Hall–Kier alpha value is -1.09. The summed E-state index contributed by atoms with van der Waals surface area (Å²) in [4.78, 5) is 1.80. The van der Waals surface area contributed by atoms with Gasteiger partial charge < -0.3 is 10.2 Å². The van der Waals surface area contributed by atoms with E-state index < -0.39 is 0 Å². The van der Waals surface area contributed by atoms with Crippen LogP contribution in [0.1, 0.15) is 25.3 Å². The standard InChI is InChI=1S/C13H19FN2/c1-13(7-4-8-15-13)10-5-6-12(16(2)3)11(14)9-10/h5-6,9,15H,4,7-8H2,1-3H3. The average molecular weight is 222 g/mol. The summed E-state index contributed by atoms with van der Waals surface area (Å²) in [6.07, 6.45) is 2.24. The van der Waals surface area contributed by atoms with Crippen molar-refractivity contribution in [3.8, 4) is 0 Å². The Bertz CT molecular complexity index is 382. The molecule has 1 heterocycles. The van der Waals surface area contributed by atoms with Crippen LogP contribution in [-0.2, 0) is 5.54 Å². The molecule has 2 nitrogen and oxygen atoms in total. The minimum Gasteiger partial charge on any atom is -0.375 e. The molecular formula is C13H19FN2. The summed E-state index contributed by atoms with van der Waals surface area (Å²) in [5, 5.41) is 3.44. The molecule has 88 valence electrons. The van der Waals surface area contributed by atoms with Crippen LogP contribution in [0.4, 0.5) is 10.1 Å². The second-order valence-electron chi connectivity index (χ2n) is 4.92. The van der Waals surface area contributed by atoms with Gasteiger partial charge in [0.15, 0.2) is 0 Å². The molecule has 0 bridgehead atoms. The molecule has 1 N–H and O–H groups in total. The second kappa shape index (κ2) is 4.06. The van der Waals surface area contributed by atoms with Crippen molar-refractivity contribution in [2.24, 2.45) is 0 Å². The van der Waals surface area contributed by atoms with Gasteiger partial charge in [0.2, 0.25) is 0 Å². The van der Waals surface area contributed by atoms with E-state index in [1.807, 2.05) is 26.2 Å². The highest BCUT2D eigenvalue weighted by molar-refractivity contribution is 5.48. The maximum Gasteiger partial charge on any atom is 0.146 e. The monoisotopic (exact) mass is 222 g/mol. The van der Waals surface area contributed by atoms with Crippen molar-refractivity contribution in [2.45, 2.75) is 25.3 Å². The summed E-state index contributed by atoms with van der Waals surface area (Å²) in [5.74, 6) is -0.141. The van der Waals surface area contributed by atoms with E-state index in [0.717, 1.165) is 24.9 Å². The van der Waals surface area contributed by atoms with Crippen LogP contribution in [0.3, 0.4) is 0 Å². The summed E-state index contributed by atoms with van der Waals surface area (Å²) in [5.41, 5.74) is 1.64. The third kappa shape index (κ3) is 1.92. The van der Waals surface area contributed by atoms with E-state index in [2.05, 4.69) is 12.2 Å². The van der Waals surface area contributed by atoms with Gasteiger partial charge in [-0.2, -0.15) is 0 Å². The number of halogens is 1. The van der Waals surface area contributed by atoms with E-state index in [1.54, 1.807) is 11.0 Å². The van der Waals surface area contributed by atoms with Gasteiger partial charge in [-0.3, -0.25) is 0 Å². The first-order valence-corrected chi connectivity index (χ1v) is 5.75. The molecule has 0 aliphatic carbocycles. The highest BCUT2D eigenvalue weighted by atomic mass is 19.1. The molecule has 1 atom stereocenters. The predicted octanol–water partition coefficient (Wildman–Crippen LogP) is 2.49. The van der Waals surface area contributed by atoms with Gasteiger partial charge in [0.05, 0.1) is 5.69 Å². The van der Waals surface area contributed by atoms with E-state index >= 15 is 0 Å². The van der Waals surface area contributed by atoms with Gasteiger partial charge in [0.1, 0.15) is 5.82 Å². The molecule has 1 saturated heterocycles. The minimum atomic E-state index is -0.141. The molecule has 0 radical (unpaired) electrons. The Balaban J connectivity index is 2.34. The van der Waals surface area contributed by atoms with Gasteiger partial charge in [-0.25, -0.2) is 4.39 Å².